The fourth-order valence-corrected chi connectivity index (χ4v) is 3.84. The summed E-state index contributed by atoms with van der Waals surface area (Å²) in [6, 6.07) is 22.3. The van der Waals surface area contributed by atoms with Gasteiger partial charge in [0.25, 0.3) is 5.91 Å². The average molecular weight is 413 g/mol. The zero-order valence-corrected chi connectivity index (χ0v) is 17.9. The van der Waals surface area contributed by atoms with E-state index in [0.717, 1.165) is 27.8 Å². The van der Waals surface area contributed by atoms with Crippen molar-refractivity contribution in [2.24, 2.45) is 0 Å². The number of nitrogens with zero attached hydrogens (tertiary/aromatic N) is 1. The molecule has 2 amide bonds. The Bertz CT molecular complexity index is 1170. The summed E-state index contributed by atoms with van der Waals surface area (Å²) in [5.74, 6) is -0.505. The van der Waals surface area contributed by atoms with E-state index in [4.69, 9.17) is 0 Å². The molecule has 3 aromatic carbocycles. The molecule has 0 saturated carbocycles. The minimum atomic E-state index is -0.726. The predicted octanol–water partition coefficient (Wildman–Crippen LogP) is 3.63. The van der Waals surface area contributed by atoms with Crippen molar-refractivity contribution in [3.05, 3.63) is 106 Å². The Kier molecular flexibility index (Phi) is 5.67. The first kappa shape index (κ1) is 20.5. The Morgan fingerprint density at radius 1 is 0.935 bits per heavy atom. The second kappa shape index (κ2) is 8.56. The first-order chi connectivity index (χ1) is 14.9. The minimum Gasteiger partial charge on any atom is -0.334 e. The van der Waals surface area contributed by atoms with E-state index in [-0.39, 0.29) is 17.9 Å². The first-order valence-electron chi connectivity index (χ1n) is 10.4. The van der Waals surface area contributed by atoms with E-state index in [1.165, 1.54) is 0 Å². The second-order valence-corrected chi connectivity index (χ2v) is 8.05. The van der Waals surface area contributed by atoms with Crippen LogP contribution in [0.2, 0.25) is 0 Å². The maximum absolute atomic E-state index is 13.0. The van der Waals surface area contributed by atoms with Crippen molar-refractivity contribution in [1.29, 1.82) is 0 Å². The molecule has 156 valence electrons. The third kappa shape index (κ3) is 4.40. The summed E-state index contributed by atoms with van der Waals surface area (Å²) in [6.07, 6.45) is 1.93. The van der Waals surface area contributed by atoms with Gasteiger partial charge in [0.2, 0.25) is 12.3 Å². The van der Waals surface area contributed by atoms with Crippen molar-refractivity contribution in [2.45, 2.75) is 32.9 Å². The van der Waals surface area contributed by atoms with E-state index in [9.17, 15) is 9.59 Å². The molecule has 2 atom stereocenters. The quantitative estimate of drug-likeness (QED) is 0.643. The van der Waals surface area contributed by atoms with Gasteiger partial charge in [-0.15, -0.1) is 10.1 Å². The molecule has 1 heterocycles. The van der Waals surface area contributed by atoms with Crippen LogP contribution in [0.4, 0.5) is 0 Å². The average Bonchev–Trinajstić information content (AvgIpc) is 3.05. The van der Waals surface area contributed by atoms with Crippen molar-refractivity contribution < 1.29 is 14.3 Å². The molecule has 0 spiro atoms. The standard InChI is InChI=1S/C26H25N3O2/c1-17-11-13-20(14-12-17)24-23(27-25(30)21-10-6-7-18(2)15-21)26(31)28-29(24)16-22-9-5-4-8-19(22)3/h4-16,23-24H,1-3H3,(H-,27,28,30,31)/p+1/b29-16-/t23-,24-/m0/s1. The van der Waals surface area contributed by atoms with Gasteiger partial charge in [-0.3, -0.25) is 9.59 Å². The lowest BCUT2D eigenvalue weighted by Crippen LogP contribution is -2.42. The van der Waals surface area contributed by atoms with Gasteiger partial charge in [0.1, 0.15) is 0 Å². The molecule has 0 unspecified atom stereocenters. The fourth-order valence-electron chi connectivity index (χ4n) is 3.84. The first-order valence-corrected chi connectivity index (χ1v) is 10.4. The molecule has 1 aliphatic rings. The molecule has 2 N–H and O–H groups in total. The summed E-state index contributed by atoms with van der Waals surface area (Å²) < 4.78 is 1.80. The van der Waals surface area contributed by atoms with Crippen LogP contribution in [-0.4, -0.2) is 28.8 Å². The molecule has 5 heteroatoms. The zero-order chi connectivity index (χ0) is 22.0. The molecule has 4 rings (SSSR count). The third-order valence-electron chi connectivity index (χ3n) is 5.59. The van der Waals surface area contributed by atoms with Crippen LogP contribution >= 0.6 is 0 Å². The number of hydrogen-bond acceptors (Lipinski definition) is 2. The molecule has 1 fully saturated rings. The number of rotatable bonds is 4. The van der Waals surface area contributed by atoms with E-state index in [1.807, 2.05) is 93.7 Å². The number of carbonyl (C=O) groups is 2. The van der Waals surface area contributed by atoms with Gasteiger partial charge in [0.05, 0.1) is 0 Å². The Hall–Kier alpha value is -3.73. The van der Waals surface area contributed by atoms with Gasteiger partial charge in [0.15, 0.2) is 6.04 Å². The number of carbonyl (C=O) groups excluding carboxylic acids is 2. The van der Waals surface area contributed by atoms with E-state index in [0.29, 0.717) is 5.56 Å². The third-order valence-corrected chi connectivity index (χ3v) is 5.59. The number of amides is 2. The molecule has 0 bridgehead atoms. The minimum absolute atomic E-state index is 0.239. The number of benzene rings is 3. The highest BCUT2D eigenvalue weighted by molar-refractivity contribution is 5.98. The molecule has 0 radical (unpaired) electrons. The number of aryl methyl sites for hydroxylation is 3. The van der Waals surface area contributed by atoms with Gasteiger partial charge in [-0.25, -0.2) is 0 Å². The van der Waals surface area contributed by atoms with Crippen LogP contribution in [0, 0.1) is 20.8 Å². The summed E-state index contributed by atoms with van der Waals surface area (Å²) in [6.45, 7) is 5.99. The highest BCUT2D eigenvalue weighted by Gasteiger charge is 2.47. The van der Waals surface area contributed by atoms with Crippen LogP contribution in [-0.2, 0) is 4.79 Å². The van der Waals surface area contributed by atoms with Crippen molar-refractivity contribution in [1.82, 2.24) is 10.7 Å². The number of hydrogen-bond donors (Lipinski definition) is 2. The molecule has 3 aromatic rings. The maximum Gasteiger partial charge on any atom is 0.304 e. The van der Waals surface area contributed by atoms with Gasteiger partial charge in [-0.1, -0.05) is 65.7 Å². The SMILES string of the molecule is Cc1ccc([C@H]2[C@H](NC(=O)c3cccc(C)c3)C(=O)N/[N+]2=C\c2ccccc2C)cc1. The van der Waals surface area contributed by atoms with Gasteiger partial charge < -0.3 is 5.32 Å². The molecule has 1 saturated heterocycles. The summed E-state index contributed by atoms with van der Waals surface area (Å²) in [5.41, 5.74) is 8.66. The van der Waals surface area contributed by atoms with Gasteiger partial charge in [0, 0.05) is 16.7 Å². The predicted molar refractivity (Wildman–Crippen MR) is 121 cm³/mol. The van der Waals surface area contributed by atoms with Gasteiger partial charge in [-0.05, 0) is 44.5 Å². The molecule has 5 nitrogen and oxygen atoms in total. The Morgan fingerprint density at radius 3 is 2.39 bits per heavy atom. The summed E-state index contributed by atoms with van der Waals surface area (Å²) >= 11 is 0. The fraction of sp³-hybridized carbons (Fsp3) is 0.192. The molecule has 1 aliphatic heterocycles. The van der Waals surface area contributed by atoms with Crippen molar-refractivity contribution >= 4 is 18.0 Å². The second-order valence-electron chi connectivity index (χ2n) is 8.05. The molecular formula is C26H26N3O2+. The molecular weight excluding hydrogens is 386 g/mol. The molecule has 0 aliphatic carbocycles. The Labute approximate surface area is 182 Å². The highest BCUT2D eigenvalue weighted by atomic mass is 16.2. The van der Waals surface area contributed by atoms with E-state index >= 15 is 0 Å². The maximum atomic E-state index is 13.0. The van der Waals surface area contributed by atoms with Crippen molar-refractivity contribution in [3.8, 4) is 0 Å². The van der Waals surface area contributed by atoms with Crippen LogP contribution < -0.4 is 10.7 Å². The van der Waals surface area contributed by atoms with Crippen LogP contribution in [0.1, 0.15) is 44.2 Å². The lowest BCUT2D eigenvalue weighted by Gasteiger charge is -2.15. The van der Waals surface area contributed by atoms with Crippen molar-refractivity contribution in [3.63, 3.8) is 0 Å². The normalized spacial score (nSPS) is 19.3. The van der Waals surface area contributed by atoms with Crippen LogP contribution in [0.3, 0.4) is 0 Å². The van der Waals surface area contributed by atoms with Crippen LogP contribution in [0.15, 0.2) is 72.8 Å². The lowest BCUT2D eigenvalue weighted by atomic mass is 9.98. The largest absolute Gasteiger partial charge is 0.334 e. The van der Waals surface area contributed by atoms with Crippen LogP contribution in [0.5, 0.6) is 0 Å². The summed E-state index contributed by atoms with van der Waals surface area (Å²) in [5, 5.41) is 2.95. The van der Waals surface area contributed by atoms with E-state index < -0.39 is 6.04 Å². The Morgan fingerprint density at radius 2 is 1.68 bits per heavy atom. The smallest absolute Gasteiger partial charge is 0.304 e. The summed E-state index contributed by atoms with van der Waals surface area (Å²) in [7, 11) is 0. The monoisotopic (exact) mass is 412 g/mol. The van der Waals surface area contributed by atoms with E-state index in [2.05, 4.69) is 10.7 Å². The zero-order valence-electron chi connectivity index (χ0n) is 17.9. The van der Waals surface area contributed by atoms with E-state index in [1.54, 1.807) is 10.8 Å². The van der Waals surface area contributed by atoms with Gasteiger partial charge in [-0.2, -0.15) is 0 Å². The van der Waals surface area contributed by atoms with Crippen LogP contribution in [0.25, 0.3) is 0 Å². The summed E-state index contributed by atoms with van der Waals surface area (Å²) in [4.78, 5) is 25.9. The highest BCUT2D eigenvalue weighted by Crippen LogP contribution is 2.26. The van der Waals surface area contributed by atoms with Crippen molar-refractivity contribution in [2.75, 3.05) is 0 Å². The lowest BCUT2D eigenvalue weighted by molar-refractivity contribution is -0.596. The molecule has 31 heavy (non-hydrogen) atoms. The molecule has 0 aromatic heterocycles. The topological polar surface area (TPSA) is 61.2 Å². The Balaban J connectivity index is 1.72. The number of nitrogens with one attached hydrogen (secondary N) is 2. The van der Waals surface area contributed by atoms with Gasteiger partial charge >= 0.3 is 5.91 Å². The number of hydrazone groups is 1. The number of hydrazine groups is 1.